The summed E-state index contributed by atoms with van der Waals surface area (Å²) in [4.78, 5) is 35.0. The van der Waals surface area contributed by atoms with Crippen molar-refractivity contribution in [3.63, 3.8) is 0 Å². The summed E-state index contributed by atoms with van der Waals surface area (Å²) in [6.07, 6.45) is 1.82. The maximum Gasteiger partial charge on any atom is 0.160 e. The Balaban J connectivity index is 0.000000117. The highest BCUT2D eigenvalue weighted by Gasteiger charge is 2.21. The minimum atomic E-state index is 0.152. The zero-order chi connectivity index (χ0) is 85.2. The lowest BCUT2D eigenvalue weighted by Gasteiger charge is -2.19. The molecule has 0 N–H and O–H groups in total. The topological polar surface area (TPSA) is 90.2 Å². The van der Waals surface area contributed by atoms with Gasteiger partial charge in [0.2, 0.25) is 0 Å². The van der Waals surface area contributed by atoms with Crippen molar-refractivity contribution in [3.8, 4) is 146 Å². The third-order valence-electron chi connectivity index (χ3n) is 23.9. The van der Waals surface area contributed by atoms with E-state index in [4.69, 9.17) is 29.9 Å². The third kappa shape index (κ3) is 16.2. The summed E-state index contributed by atoms with van der Waals surface area (Å²) >= 11 is 1.85. The number of rotatable bonds is 13. The van der Waals surface area contributed by atoms with Gasteiger partial charge in [-0.25, -0.2) is 29.9 Å². The molecule has 8 heteroatoms. The van der Waals surface area contributed by atoms with Gasteiger partial charge >= 0.3 is 0 Å². The fraction of sp³-hybridized carbons (Fsp3) is 0.0336. The predicted molar refractivity (Wildman–Crippen MR) is 534 cm³/mol. The summed E-state index contributed by atoms with van der Waals surface area (Å²) in [6.45, 7) is 6.74. The Bertz CT molecular complexity index is 8030. The lowest BCUT2D eigenvalue weighted by atomic mass is 9.86. The molecule has 5 heterocycles. The van der Waals surface area contributed by atoms with Gasteiger partial charge in [0, 0.05) is 86.9 Å². The summed E-state index contributed by atoms with van der Waals surface area (Å²) in [5, 5.41) is 10.6. The van der Waals surface area contributed by atoms with E-state index in [1.54, 1.807) is 0 Å². The van der Waals surface area contributed by atoms with E-state index in [2.05, 4.69) is 402 Å². The SMILES string of the molecule is CC(C)(C)c1ccc(-c2cccc(-c3ccc(-c4nc(-c5ccccc5)c5ccccc5n4)cc3)c2)cc1.c1ccc(-c2ccc(-c3nc(-c4cccc(-c5cccc(-c6cccc7sc8ccccc8c67)c5)c4)nc4ccccc34)cc2)nc1.c1ccc(-c2nc(-c3cccc(-c4cccc(-c5ccc6ccccc6c5)c4)c3)nc3c2ccc2ccccc23)cc1. The molecular formula is C119H83N7S. The van der Waals surface area contributed by atoms with E-state index in [0.29, 0.717) is 5.82 Å². The van der Waals surface area contributed by atoms with Crippen LogP contribution >= 0.6 is 11.3 Å². The molecule has 0 amide bonds. The standard InChI is InChI=1S/C43H27N3S.C40H26N2.C36H30N2/c1-3-18-38-35(14-1)42(29-23-21-28(22-24-29)37-17-5-6-25-44-37)46-43(45-38)33-13-8-11-31(27-33)30-10-7-12-32(26-30)34-16-9-20-40-41(34)36-15-2-4-19-39(36)47-40;1-2-12-29(13-3-1)38-37-23-22-28-11-6-7-19-36(28)39(37)42-40(41-38)35-18-9-17-33(26-35)31-15-8-16-32(25-31)34-21-20-27-10-4-5-14-30(27)24-34;1-36(2,3)31-22-20-26(21-23-31)30-13-9-12-29(24-30)25-16-18-28(19-17-25)35-37-33-15-8-7-14-32(33)34(38-35)27-10-5-4-6-11-27/h1-27H;1-26H;4-24H,1-3H3. The van der Waals surface area contributed by atoms with Crippen LogP contribution in [0.25, 0.3) is 220 Å². The number of aromatic nitrogens is 7. The highest BCUT2D eigenvalue weighted by molar-refractivity contribution is 7.26. The molecule has 0 aliphatic heterocycles. The summed E-state index contributed by atoms with van der Waals surface area (Å²) in [6, 6.07) is 156. The largest absolute Gasteiger partial charge is 0.256 e. The summed E-state index contributed by atoms with van der Waals surface area (Å²) < 4.78 is 2.63. The fourth-order valence-corrected chi connectivity index (χ4v) is 18.4. The van der Waals surface area contributed by atoms with Crippen LogP contribution in [0.3, 0.4) is 0 Å². The lowest BCUT2D eigenvalue weighted by molar-refractivity contribution is 0.590. The minimum absolute atomic E-state index is 0.152. The second-order valence-electron chi connectivity index (χ2n) is 33.1. The first-order valence-corrected chi connectivity index (χ1v) is 43.9. The van der Waals surface area contributed by atoms with Crippen LogP contribution in [0.4, 0.5) is 0 Å². The van der Waals surface area contributed by atoms with Gasteiger partial charge < -0.3 is 0 Å². The number of benzene rings is 18. The molecular weight excluding hydrogens is 1560 g/mol. The number of hydrogen-bond acceptors (Lipinski definition) is 8. The van der Waals surface area contributed by atoms with Crippen molar-refractivity contribution in [2.75, 3.05) is 0 Å². The van der Waals surface area contributed by atoms with Crippen LogP contribution in [0.2, 0.25) is 0 Å². The molecule has 18 aromatic carbocycles. The van der Waals surface area contributed by atoms with Crippen LogP contribution in [0.15, 0.2) is 449 Å². The monoisotopic (exact) mass is 1640 g/mol. The molecule has 0 bridgehead atoms. The molecule has 0 atom stereocenters. The van der Waals surface area contributed by atoms with Gasteiger partial charge in [0.25, 0.3) is 0 Å². The smallest absolute Gasteiger partial charge is 0.160 e. The predicted octanol–water partition coefficient (Wildman–Crippen LogP) is 31.9. The van der Waals surface area contributed by atoms with Gasteiger partial charge in [-0.15, -0.1) is 11.3 Å². The van der Waals surface area contributed by atoms with E-state index >= 15 is 0 Å². The average molecular weight is 1640 g/mol. The molecule has 0 unspecified atom stereocenters. The molecule has 0 aliphatic carbocycles. The highest BCUT2D eigenvalue weighted by atomic mass is 32.1. The second kappa shape index (κ2) is 34.3. The molecule has 0 saturated carbocycles. The normalized spacial score (nSPS) is 11.4. The molecule has 0 fully saturated rings. The first kappa shape index (κ1) is 78.1. The van der Waals surface area contributed by atoms with Crippen molar-refractivity contribution < 1.29 is 0 Å². The van der Waals surface area contributed by atoms with Crippen LogP contribution in [0.1, 0.15) is 26.3 Å². The molecule has 127 heavy (non-hydrogen) atoms. The van der Waals surface area contributed by atoms with Gasteiger partial charge in [-0.1, -0.05) is 385 Å². The minimum Gasteiger partial charge on any atom is -0.256 e. The molecule has 0 spiro atoms. The Morgan fingerprint density at radius 3 is 1.17 bits per heavy atom. The molecule has 600 valence electrons. The van der Waals surface area contributed by atoms with E-state index in [1.165, 1.54) is 86.4 Å². The fourth-order valence-electron chi connectivity index (χ4n) is 17.2. The molecule has 0 radical (unpaired) electrons. The van der Waals surface area contributed by atoms with Crippen molar-refractivity contribution in [1.29, 1.82) is 0 Å². The van der Waals surface area contributed by atoms with Crippen molar-refractivity contribution >= 4 is 85.8 Å². The van der Waals surface area contributed by atoms with Gasteiger partial charge in [-0.05, 0) is 173 Å². The summed E-state index contributed by atoms with van der Waals surface area (Å²) in [5.74, 6) is 2.17. The first-order valence-electron chi connectivity index (χ1n) is 43.0. The third-order valence-corrected chi connectivity index (χ3v) is 25.0. The van der Waals surface area contributed by atoms with Gasteiger partial charge in [0.05, 0.1) is 39.3 Å². The van der Waals surface area contributed by atoms with Crippen molar-refractivity contribution in [1.82, 2.24) is 34.9 Å². The number of thiophene rings is 1. The Hall–Kier alpha value is -16.1. The van der Waals surface area contributed by atoms with Crippen LogP contribution < -0.4 is 0 Å². The van der Waals surface area contributed by atoms with Gasteiger partial charge in [0.15, 0.2) is 17.5 Å². The molecule has 5 aromatic heterocycles. The number of para-hydroxylation sites is 2. The van der Waals surface area contributed by atoms with Crippen LogP contribution in [0.5, 0.6) is 0 Å². The van der Waals surface area contributed by atoms with Crippen molar-refractivity contribution in [2.24, 2.45) is 0 Å². The molecule has 7 nitrogen and oxygen atoms in total. The van der Waals surface area contributed by atoms with Gasteiger partial charge in [-0.3, -0.25) is 4.98 Å². The zero-order valence-corrected chi connectivity index (χ0v) is 71.1. The molecule has 23 rings (SSSR count). The average Bonchev–Trinajstić information content (AvgIpc) is 1.74. The Labute approximate surface area is 742 Å². The van der Waals surface area contributed by atoms with E-state index < -0.39 is 0 Å². The van der Waals surface area contributed by atoms with E-state index in [1.807, 2.05) is 84.3 Å². The second-order valence-corrected chi connectivity index (χ2v) is 34.2. The maximum atomic E-state index is 5.18. The number of nitrogens with zero attached hydrogens (tertiary/aromatic N) is 7. The van der Waals surface area contributed by atoms with E-state index in [9.17, 15) is 0 Å². The lowest BCUT2D eigenvalue weighted by Crippen LogP contribution is -2.10. The van der Waals surface area contributed by atoms with Crippen molar-refractivity contribution in [2.45, 2.75) is 26.2 Å². The van der Waals surface area contributed by atoms with Gasteiger partial charge in [-0.2, -0.15) is 0 Å². The van der Waals surface area contributed by atoms with Gasteiger partial charge in [0.1, 0.15) is 0 Å². The van der Waals surface area contributed by atoms with Crippen LogP contribution in [-0.2, 0) is 5.41 Å². The first-order chi connectivity index (χ1) is 62.5. The summed E-state index contributed by atoms with van der Waals surface area (Å²) in [7, 11) is 0. The molecule has 0 aliphatic rings. The zero-order valence-electron chi connectivity index (χ0n) is 70.3. The van der Waals surface area contributed by atoms with Crippen molar-refractivity contribution in [3.05, 3.63) is 455 Å². The maximum absolute atomic E-state index is 5.18. The number of fused-ring (bicyclic) bond motifs is 9. The Kier molecular flexibility index (Phi) is 21.1. The highest BCUT2D eigenvalue weighted by Crippen LogP contribution is 2.44. The number of hydrogen-bond donors (Lipinski definition) is 0. The van der Waals surface area contributed by atoms with E-state index in [-0.39, 0.29) is 5.41 Å². The van der Waals surface area contributed by atoms with Crippen LogP contribution in [0, 0.1) is 0 Å². The Morgan fingerprint density at radius 1 is 0.213 bits per heavy atom. The Morgan fingerprint density at radius 2 is 0.591 bits per heavy atom. The molecule has 23 aromatic rings. The summed E-state index contributed by atoms with van der Waals surface area (Å²) in [5.41, 5.74) is 29.7. The van der Waals surface area contributed by atoms with Crippen LogP contribution in [-0.4, -0.2) is 34.9 Å². The van der Waals surface area contributed by atoms with E-state index in [0.717, 1.165) is 134 Å². The quantitative estimate of drug-likeness (QED) is 0.106. The molecule has 0 saturated heterocycles. The number of pyridine rings is 1.